The highest BCUT2D eigenvalue weighted by atomic mass is 32.1. The molecule has 0 aliphatic carbocycles. The Kier molecular flexibility index (Phi) is 2.63. The summed E-state index contributed by atoms with van der Waals surface area (Å²) >= 11 is 5.05. The second-order valence-corrected chi connectivity index (χ2v) is 3.20. The van der Waals surface area contributed by atoms with Crippen LogP contribution in [0.3, 0.4) is 0 Å². The molecule has 1 aliphatic heterocycles. The van der Waals surface area contributed by atoms with Crippen LogP contribution in [0.15, 0.2) is 12.0 Å². The molecule has 1 aliphatic rings. The molecule has 72 valence electrons. The predicted octanol–water partition coefficient (Wildman–Crippen LogP) is 0.807. The molecular weight excluding hydrogens is 190 g/mol. The van der Waals surface area contributed by atoms with Crippen LogP contribution in [0.25, 0.3) is 0 Å². The van der Waals surface area contributed by atoms with Gasteiger partial charge >= 0.3 is 5.82 Å². The number of hydrogen-bond acceptors (Lipinski definition) is 3. The van der Waals surface area contributed by atoms with E-state index in [-0.39, 0.29) is 15.2 Å². The molecule has 0 aromatic carbocycles. The summed E-state index contributed by atoms with van der Waals surface area (Å²) in [6.45, 7) is 4.99. The lowest BCUT2D eigenvalue weighted by atomic mass is 10.4. The molecule has 1 rings (SSSR count). The van der Waals surface area contributed by atoms with Gasteiger partial charge in [-0.05, 0) is 13.8 Å². The molecule has 0 saturated carbocycles. The van der Waals surface area contributed by atoms with Gasteiger partial charge in [0.1, 0.15) is 11.1 Å². The molecule has 0 bridgehead atoms. The van der Waals surface area contributed by atoms with Gasteiger partial charge in [-0.1, -0.05) is 0 Å². The summed E-state index contributed by atoms with van der Waals surface area (Å²) in [6.07, 6.45) is 1.38. The van der Waals surface area contributed by atoms with Crippen molar-refractivity contribution in [2.75, 3.05) is 13.1 Å². The largest absolute Gasteiger partial charge is 0.451 e. The molecule has 0 atom stereocenters. The fourth-order valence-electron chi connectivity index (χ4n) is 1.52. The van der Waals surface area contributed by atoms with Crippen molar-refractivity contribution in [1.82, 2.24) is 5.32 Å². The van der Waals surface area contributed by atoms with Gasteiger partial charge < -0.3 is 0 Å². The van der Waals surface area contributed by atoms with E-state index in [0.29, 0.717) is 18.2 Å². The highest BCUT2D eigenvalue weighted by molar-refractivity contribution is 7.80. The quantitative estimate of drug-likeness (QED) is 0.318. The summed E-state index contributed by atoms with van der Waals surface area (Å²) in [5, 5.41) is 14.0. The van der Waals surface area contributed by atoms with Gasteiger partial charge in [-0.2, -0.15) is 4.48 Å². The van der Waals surface area contributed by atoms with Crippen molar-refractivity contribution in [3.8, 4) is 0 Å². The number of nitrogens with one attached hydrogen (secondary N) is 1. The standard InChI is InChI=1S/C7H11N3O2S/c1-3-10(4-2)6(9(11)12)5-8-7(10)13/h5H,3-4H2,1-2H3/p+1. The number of hydrogen-bond donors (Lipinski definition) is 1. The minimum atomic E-state index is -0.376. The zero-order valence-corrected chi connectivity index (χ0v) is 8.43. The van der Waals surface area contributed by atoms with Crippen molar-refractivity contribution in [3.63, 3.8) is 0 Å². The van der Waals surface area contributed by atoms with E-state index in [1.165, 1.54) is 6.20 Å². The Morgan fingerprint density at radius 3 is 2.46 bits per heavy atom. The van der Waals surface area contributed by atoms with E-state index in [4.69, 9.17) is 12.2 Å². The molecule has 0 saturated heterocycles. The van der Waals surface area contributed by atoms with E-state index in [9.17, 15) is 10.1 Å². The fourth-order valence-corrected chi connectivity index (χ4v) is 1.93. The van der Waals surface area contributed by atoms with Crippen molar-refractivity contribution < 1.29 is 9.41 Å². The number of quaternary nitrogens is 1. The van der Waals surface area contributed by atoms with Gasteiger partial charge in [0.25, 0.3) is 5.11 Å². The van der Waals surface area contributed by atoms with Crippen LogP contribution in [0.5, 0.6) is 0 Å². The Balaban J connectivity index is 3.10. The van der Waals surface area contributed by atoms with Gasteiger partial charge in [-0.3, -0.25) is 15.4 Å². The number of thiocarbonyl (C=S) groups is 1. The minimum absolute atomic E-state index is 0.134. The maximum atomic E-state index is 10.7. The van der Waals surface area contributed by atoms with Crippen LogP contribution in [0.1, 0.15) is 13.8 Å². The number of nitrogens with zero attached hydrogens (tertiary/aromatic N) is 2. The topological polar surface area (TPSA) is 55.2 Å². The first-order valence-electron chi connectivity index (χ1n) is 4.11. The lowest BCUT2D eigenvalue weighted by Crippen LogP contribution is -2.52. The van der Waals surface area contributed by atoms with Crippen LogP contribution in [0.4, 0.5) is 0 Å². The molecule has 0 aromatic heterocycles. The highest BCUT2D eigenvalue weighted by Crippen LogP contribution is 2.22. The Labute approximate surface area is 81.8 Å². The van der Waals surface area contributed by atoms with Gasteiger partial charge in [-0.15, -0.1) is 0 Å². The molecule has 0 aromatic rings. The molecule has 0 fully saturated rings. The Hall–Kier alpha value is -1.01. The normalized spacial score (nSPS) is 19.5. The summed E-state index contributed by atoms with van der Waals surface area (Å²) in [5.41, 5.74) is 0. The predicted molar refractivity (Wildman–Crippen MR) is 52.2 cm³/mol. The second kappa shape index (κ2) is 3.39. The molecule has 6 heteroatoms. The summed E-state index contributed by atoms with van der Waals surface area (Å²) in [4.78, 5) is 10.3. The first-order chi connectivity index (χ1) is 6.08. The zero-order valence-electron chi connectivity index (χ0n) is 7.61. The highest BCUT2D eigenvalue weighted by Gasteiger charge is 2.47. The van der Waals surface area contributed by atoms with Gasteiger partial charge in [-0.25, -0.2) is 0 Å². The van der Waals surface area contributed by atoms with Crippen LogP contribution in [0, 0.1) is 10.1 Å². The number of rotatable bonds is 3. The lowest BCUT2D eigenvalue weighted by Gasteiger charge is -2.26. The van der Waals surface area contributed by atoms with Crippen LogP contribution in [0.2, 0.25) is 0 Å². The molecule has 0 amide bonds. The van der Waals surface area contributed by atoms with Gasteiger partial charge in [0.05, 0.1) is 13.1 Å². The van der Waals surface area contributed by atoms with Crippen LogP contribution < -0.4 is 5.32 Å². The summed E-state index contributed by atoms with van der Waals surface area (Å²) < 4.78 is 0.155. The molecule has 1 N–H and O–H groups in total. The third-order valence-electron chi connectivity index (χ3n) is 2.42. The lowest BCUT2D eigenvalue weighted by molar-refractivity contribution is -0.858. The van der Waals surface area contributed by atoms with Crippen LogP contribution in [-0.2, 0) is 0 Å². The second-order valence-electron chi connectivity index (χ2n) is 2.81. The monoisotopic (exact) mass is 202 g/mol. The molecule has 0 radical (unpaired) electrons. The summed E-state index contributed by atoms with van der Waals surface area (Å²) in [6, 6.07) is 0. The molecule has 0 spiro atoms. The van der Waals surface area contributed by atoms with Crippen molar-refractivity contribution >= 4 is 17.3 Å². The van der Waals surface area contributed by atoms with E-state index in [1.807, 2.05) is 13.8 Å². The minimum Gasteiger partial charge on any atom is -0.296 e. The summed E-state index contributed by atoms with van der Waals surface area (Å²) in [7, 11) is 0. The molecule has 1 heterocycles. The maximum Gasteiger partial charge on any atom is 0.451 e. The van der Waals surface area contributed by atoms with E-state index < -0.39 is 0 Å². The Bertz CT molecular complexity index is 283. The Morgan fingerprint density at radius 1 is 1.62 bits per heavy atom. The fraction of sp³-hybridized carbons (Fsp3) is 0.571. The first kappa shape index (κ1) is 10.1. The van der Waals surface area contributed by atoms with Crippen molar-refractivity contribution in [2.45, 2.75) is 13.8 Å². The zero-order chi connectivity index (χ0) is 10.1. The van der Waals surface area contributed by atoms with Gasteiger partial charge in [0.2, 0.25) is 0 Å². The third kappa shape index (κ3) is 1.31. The van der Waals surface area contributed by atoms with E-state index in [2.05, 4.69) is 5.32 Å². The van der Waals surface area contributed by atoms with Crippen LogP contribution in [-0.4, -0.2) is 27.6 Å². The number of nitro groups is 1. The smallest absolute Gasteiger partial charge is 0.296 e. The first-order valence-corrected chi connectivity index (χ1v) is 4.52. The molecule has 5 nitrogen and oxygen atoms in total. The third-order valence-corrected chi connectivity index (χ3v) is 2.89. The van der Waals surface area contributed by atoms with E-state index in [0.717, 1.165) is 0 Å². The molecule has 13 heavy (non-hydrogen) atoms. The van der Waals surface area contributed by atoms with Crippen molar-refractivity contribution in [2.24, 2.45) is 0 Å². The van der Waals surface area contributed by atoms with E-state index in [1.54, 1.807) is 0 Å². The average Bonchev–Trinajstić information content (AvgIpc) is 2.43. The summed E-state index contributed by atoms with van der Waals surface area (Å²) in [5.74, 6) is 0.134. The SMILES string of the molecule is CC[N+]1(CC)C(=S)NC=C1[N+](=O)[O-]. The maximum absolute atomic E-state index is 10.7. The van der Waals surface area contributed by atoms with E-state index >= 15 is 0 Å². The average molecular weight is 202 g/mol. The molecule has 0 unspecified atom stereocenters. The van der Waals surface area contributed by atoms with Gasteiger partial charge in [0, 0.05) is 12.2 Å². The Morgan fingerprint density at radius 2 is 2.15 bits per heavy atom. The van der Waals surface area contributed by atoms with Gasteiger partial charge in [0.15, 0.2) is 0 Å². The molecular formula is C7H12N3O2S+. The van der Waals surface area contributed by atoms with Crippen molar-refractivity contribution in [3.05, 3.63) is 22.1 Å². The van der Waals surface area contributed by atoms with Crippen LogP contribution >= 0.6 is 12.2 Å². The van der Waals surface area contributed by atoms with Crippen molar-refractivity contribution in [1.29, 1.82) is 0 Å².